The molecule has 5 nitrogen and oxygen atoms in total. The van der Waals surface area contributed by atoms with Gasteiger partial charge in [-0.2, -0.15) is 0 Å². The smallest absolute Gasteiger partial charge is 0.319 e. The molecule has 0 spiro atoms. The van der Waals surface area contributed by atoms with Gasteiger partial charge in [0.1, 0.15) is 0 Å². The summed E-state index contributed by atoms with van der Waals surface area (Å²) in [6, 6.07) is 10.5. The van der Waals surface area contributed by atoms with E-state index in [9.17, 15) is 13.2 Å². The summed E-state index contributed by atoms with van der Waals surface area (Å²) >= 11 is 1.66. The Morgan fingerprint density at radius 3 is 2.73 bits per heavy atom. The molecule has 0 unspecified atom stereocenters. The predicted molar refractivity (Wildman–Crippen MR) is 90.0 cm³/mol. The van der Waals surface area contributed by atoms with Crippen LogP contribution in [0, 0.1) is 0 Å². The van der Waals surface area contributed by atoms with E-state index in [0.29, 0.717) is 17.8 Å². The molecule has 1 aromatic heterocycles. The minimum Gasteiger partial charge on any atom is -0.338 e. The van der Waals surface area contributed by atoms with Crippen LogP contribution in [0.4, 0.5) is 10.5 Å². The molecule has 0 aliphatic heterocycles. The van der Waals surface area contributed by atoms with Gasteiger partial charge in [-0.05, 0) is 35.6 Å². The van der Waals surface area contributed by atoms with Gasteiger partial charge in [0, 0.05) is 23.4 Å². The molecule has 2 amide bonds. The highest BCUT2D eigenvalue weighted by Crippen LogP contribution is 2.13. The van der Waals surface area contributed by atoms with Crippen LogP contribution in [-0.4, -0.2) is 27.2 Å². The standard InChI is InChI=1S/C15H18N2O3S2/c1-22(19,20)11-12-4-2-5-13(10-12)17-15(18)16-8-7-14-6-3-9-21-14/h2-6,9-10H,7-8,11H2,1H3,(H2,16,17,18). The van der Waals surface area contributed by atoms with Crippen molar-refractivity contribution in [1.82, 2.24) is 5.32 Å². The lowest BCUT2D eigenvalue weighted by molar-refractivity contribution is 0.252. The SMILES string of the molecule is CS(=O)(=O)Cc1cccc(NC(=O)NCCc2cccs2)c1. The number of rotatable bonds is 6. The lowest BCUT2D eigenvalue weighted by Crippen LogP contribution is -2.30. The summed E-state index contributed by atoms with van der Waals surface area (Å²) in [5.41, 5.74) is 1.23. The van der Waals surface area contributed by atoms with E-state index in [1.165, 1.54) is 11.1 Å². The number of hydrogen-bond acceptors (Lipinski definition) is 4. The van der Waals surface area contributed by atoms with E-state index in [1.807, 2.05) is 17.5 Å². The quantitative estimate of drug-likeness (QED) is 0.850. The summed E-state index contributed by atoms with van der Waals surface area (Å²) in [5.74, 6) is -0.0392. The molecule has 2 aromatic rings. The summed E-state index contributed by atoms with van der Waals surface area (Å²) in [6.07, 6.45) is 1.98. The van der Waals surface area contributed by atoms with Gasteiger partial charge in [0.05, 0.1) is 5.75 Å². The van der Waals surface area contributed by atoms with E-state index in [4.69, 9.17) is 0 Å². The first-order chi connectivity index (χ1) is 10.4. The number of thiophene rings is 1. The molecule has 0 atom stereocenters. The van der Waals surface area contributed by atoms with Crippen LogP contribution in [0.2, 0.25) is 0 Å². The number of anilines is 1. The fourth-order valence-corrected chi connectivity index (χ4v) is 3.47. The highest BCUT2D eigenvalue weighted by molar-refractivity contribution is 7.89. The van der Waals surface area contributed by atoms with Crippen molar-refractivity contribution in [2.45, 2.75) is 12.2 Å². The predicted octanol–water partition coefficient (Wildman–Crippen LogP) is 2.66. The zero-order valence-electron chi connectivity index (χ0n) is 12.2. The minimum atomic E-state index is -3.09. The van der Waals surface area contributed by atoms with E-state index in [1.54, 1.807) is 35.6 Å². The molecule has 0 aliphatic carbocycles. The van der Waals surface area contributed by atoms with Crippen molar-refractivity contribution < 1.29 is 13.2 Å². The van der Waals surface area contributed by atoms with E-state index in [2.05, 4.69) is 10.6 Å². The Kier molecular flexibility index (Phi) is 5.57. The van der Waals surface area contributed by atoms with Crippen molar-refractivity contribution >= 4 is 32.9 Å². The van der Waals surface area contributed by atoms with Gasteiger partial charge in [0.15, 0.2) is 9.84 Å². The first-order valence-electron chi connectivity index (χ1n) is 6.76. The van der Waals surface area contributed by atoms with Crippen molar-refractivity contribution in [3.63, 3.8) is 0 Å². The fourth-order valence-electron chi connectivity index (χ4n) is 1.97. The summed E-state index contributed by atoms with van der Waals surface area (Å²) in [6.45, 7) is 0.551. The molecule has 1 aromatic carbocycles. The molecule has 2 rings (SSSR count). The average Bonchev–Trinajstić information content (AvgIpc) is 2.90. The summed E-state index contributed by atoms with van der Waals surface area (Å²) in [4.78, 5) is 13.0. The highest BCUT2D eigenvalue weighted by Gasteiger charge is 2.06. The Morgan fingerprint density at radius 1 is 1.23 bits per heavy atom. The van der Waals surface area contributed by atoms with Gasteiger partial charge in [-0.25, -0.2) is 13.2 Å². The van der Waals surface area contributed by atoms with Gasteiger partial charge in [-0.3, -0.25) is 0 Å². The molecule has 0 fully saturated rings. The van der Waals surface area contributed by atoms with Crippen LogP contribution >= 0.6 is 11.3 Å². The van der Waals surface area contributed by atoms with Crippen molar-refractivity contribution in [1.29, 1.82) is 0 Å². The van der Waals surface area contributed by atoms with Crippen molar-refractivity contribution in [2.75, 3.05) is 18.1 Å². The Hall–Kier alpha value is -1.86. The van der Waals surface area contributed by atoms with Gasteiger partial charge in [-0.1, -0.05) is 18.2 Å². The summed E-state index contributed by atoms with van der Waals surface area (Å²) < 4.78 is 22.6. The van der Waals surface area contributed by atoms with Crippen LogP contribution in [0.15, 0.2) is 41.8 Å². The number of sulfone groups is 1. The first kappa shape index (κ1) is 16.5. The number of benzene rings is 1. The maximum Gasteiger partial charge on any atom is 0.319 e. The monoisotopic (exact) mass is 338 g/mol. The van der Waals surface area contributed by atoms with Crippen molar-refractivity contribution in [3.8, 4) is 0 Å². The molecule has 0 radical (unpaired) electrons. The van der Waals surface area contributed by atoms with Crippen LogP contribution in [0.1, 0.15) is 10.4 Å². The lowest BCUT2D eigenvalue weighted by atomic mass is 10.2. The molecule has 7 heteroatoms. The summed E-state index contributed by atoms with van der Waals surface area (Å²) in [7, 11) is -3.09. The van der Waals surface area contributed by atoms with Gasteiger partial charge in [0.25, 0.3) is 0 Å². The number of hydrogen-bond donors (Lipinski definition) is 2. The highest BCUT2D eigenvalue weighted by atomic mass is 32.2. The maximum absolute atomic E-state index is 11.8. The molecule has 1 heterocycles. The van der Waals surface area contributed by atoms with Gasteiger partial charge in [0.2, 0.25) is 0 Å². The van der Waals surface area contributed by atoms with Crippen LogP contribution in [0.25, 0.3) is 0 Å². The molecular weight excluding hydrogens is 320 g/mol. The number of carbonyl (C=O) groups is 1. The molecule has 118 valence electrons. The minimum absolute atomic E-state index is 0.0392. The van der Waals surface area contributed by atoms with Crippen molar-refractivity contribution in [3.05, 3.63) is 52.2 Å². The van der Waals surface area contributed by atoms with Gasteiger partial charge < -0.3 is 10.6 Å². The third kappa shape index (κ3) is 5.87. The summed E-state index contributed by atoms with van der Waals surface area (Å²) in [5, 5.41) is 7.48. The molecule has 0 aliphatic rings. The van der Waals surface area contributed by atoms with E-state index in [0.717, 1.165) is 6.42 Å². The number of urea groups is 1. The van der Waals surface area contributed by atoms with E-state index in [-0.39, 0.29) is 11.8 Å². The second kappa shape index (κ2) is 7.42. The zero-order chi connectivity index (χ0) is 16.0. The Morgan fingerprint density at radius 2 is 2.05 bits per heavy atom. The first-order valence-corrected chi connectivity index (χ1v) is 9.70. The Bertz CT molecular complexity index is 725. The average molecular weight is 338 g/mol. The second-order valence-electron chi connectivity index (χ2n) is 4.98. The van der Waals surface area contributed by atoms with Gasteiger partial charge >= 0.3 is 6.03 Å². The van der Waals surface area contributed by atoms with E-state index < -0.39 is 9.84 Å². The molecule has 22 heavy (non-hydrogen) atoms. The number of carbonyl (C=O) groups excluding carboxylic acids is 1. The lowest BCUT2D eigenvalue weighted by Gasteiger charge is -2.08. The van der Waals surface area contributed by atoms with Crippen LogP contribution in [-0.2, 0) is 22.0 Å². The van der Waals surface area contributed by atoms with Crippen LogP contribution in [0.3, 0.4) is 0 Å². The second-order valence-corrected chi connectivity index (χ2v) is 8.15. The zero-order valence-corrected chi connectivity index (χ0v) is 13.8. The Labute approximate surface area is 134 Å². The third-order valence-corrected chi connectivity index (χ3v) is 4.64. The topological polar surface area (TPSA) is 75.3 Å². The Balaban J connectivity index is 1.84. The number of amides is 2. The maximum atomic E-state index is 11.8. The number of nitrogens with one attached hydrogen (secondary N) is 2. The normalized spacial score (nSPS) is 11.1. The van der Waals surface area contributed by atoms with Crippen molar-refractivity contribution in [2.24, 2.45) is 0 Å². The third-order valence-electron chi connectivity index (χ3n) is 2.85. The van der Waals surface area contributed by atoms with Gasteiger partial charge in [-0.15, -0.1) is 11.3 Å². The largest absolute Gasteiger partial charge is 0.338 e. The molecule has 0 saturated carbocycles. The van der Waals surface area contributed by atoms with E-state index >= 15 is 0 Å². The molecule has 0 bridgehead atoms. The van der Waals surface area contributed by atoms with Crippen LogP contribution in [0.5, 0.6) is 0 Å². The fraction of sp³-hybridized carbons (Fsp3) is 0.267. The molecular formula is C15H18N2O3S2. The molecule has 0 saturated heterocycles. The van der Waals surface area contributed by atoms with Crippen LogP contribution < -0.4 is 10.6 Å². The molecule has 2 N–H and O–H groups in total.